The van der Waals surface area contributed by atoms with Gasteiger partial charge in [0.15, 0.2) is 5.82 Å². The number of amides is 1. The van der Waals surface area contributed by atoms with Crippen LogP contribution in [0, 0.1) is 5.92 Å². The molecule has 35 heavy (non-hydrogen) atoms. The van der Waals surface area contributed by atoms with Gasteiger partial charge in [-0.25, -0.2) is 4.98 Å². The second-order valence-corrected chi connectivity index (χ2v) is 9.25. The third kappa shape index (κ3) is 3.83. The zero-order valence-electron chi connectivity index (χ0n) is 18.9. The fraction of sp³-hybridized carbons (Fsp3) is 0.120. The van der Waals surface area contributed by atoms with Gasteiger partial charge in [0.2, 0.25) is 5.91 Å². The van der Waals surface area contributed by atoms with Crippen LogP contribution in [0.25, 0.3) is 55.8 Å². The molecule has 0 spiro atoms. The number of carbonyl (C=O) groups is 1. The minimum absolute atomic E-state index is 0.0642. The van der Waals surface area contributed by atoms with Gasteiger partial charge in [0.1, 0.15) is 11.2 Å². The summed E-state index contributed by atoms with van der Waals surface area (Å²) in [5.41, 5.74) is 7.34. The molecule has 0 radical (unpaired) electrons. The molecule has 6 aromatic rings. The van der Waals surface area contributed by atoms with Crippen LogP contribution in [0.2, 0.25) is 0 Å². The maximum Gasteiger partial charge on any atom is 0.226 e. The summed E-state index contributed by atoms with van der Waals surface area (Å²) in [6, 6.07) is 5.87. The Labute approximate surface area is 203 Å². The van der Waals surface area contributed by atoms with Crippen LogP contribution in [0.15, 0.2) is 59.9 Å². The van der Waals surface area contributed by atoms with Gasteiger partial charge in [-0.15, -0.1) is 0 Å². The summed E-state index contributed by atoms with van der Waals surface area (Å²) >= 11 is 1.64. The number of thiophene rings is 1. The van der Waals surface area contributed by atoms with Crippen LogP contribution in [0.5, 0.6) is 0 Å². The summed E-state index contributed by atoms with van der Waals surface area (Å²) in [4.78, 5) is 33.6. The Bertz CT molecular complexity index is 1680. The molecular weight excluding hydrogens is 460 g/mol. The summed E-state index contributed by atoms with van der Waals surface area (Å²) in [7, 11) is 0. The molecule has 0 fully saturated rings. The predicted octanol–water partition coefficient (Wildman–Crippen LogP) is 5.28. The van der Waals surface area contributed by atoms with Gasteiger partial charge in [0.25, 0.3) is 0 Å². The van der Waals surface area contributed by atoms with Gasteiger partial charge in [0, 0.05) is 34.8 Å². The molecule has 3 N–H and O–H groups in total. The van der Waals surface area contributed by atoms with Crippen LogP contribution < -0.4 is 5.32 Å². The first-order chi connectivity index (χ1) is 17.1. The smallest absolute Gasteiger partial charge is 0.226 e. The topological polar surface area (TPSA) is 125 Å². The molecule has 0 atom stereocenters. The van der Waals surface area contributed by atoms with Gasteiger partial charge < -0.3 is 10.3 Å². The highest BCUT2D eigenvalue weighted by atomic mass is 32.1. The molecule has 6 rings (SSSR count). The maximum atomic E-state index is 12.1. The van der Waals surface area contributed by atoms with E-state index in [1.54, 1.807) is 36.1 Å². The lowest BCUT2D eigenvalue weighted by atomic mass is 10.1. The molecule has 0 bridgehead atoms. The van der Waals surface area contributed by atoms with Crippen molar-refractivity contribution in [3.63, 3.8) is 0 Å². The minimum Gasteiger partial charge on any atom is -0.335 e. The van der Waals surface area contributed by atoms with E-state index in [1.165, 1.54) is 0 Å². The van der Waals surface area contributed by atoms with E-state index in [2.05, 4.69) is 46.9 Å². The Hall–Kier alpha value is -4.44. The predicted molar refractivity (Wildman–Crippen MR) is 137 cm³/mol. The van der Waals surface area contributed by atoms with E-state index in [4.69, 9.17) is 4.98 Å². The zero-order valence-corrected chi connectivity index (χ0v) is 19.7. The second-order valence-electron chi connectivity index (χ2n) is 8.47. The number of nitrogens with zero attached hydrogens (tertiary/aromatic N) is 5. The number of pyridine rings is 3. The summed E-state index contributed by atoms with van der Waals surface area (Å²) < 4.78 is 0. The minimum atomic E-state index is -0.124. The Morgan fingerprint density at radius 3 is 2.74 bits per heavy atom. The van der Waals surface area contributed by atoms with E-state index < -0.39 is 0 Å². The van der Waals surface area contributed by atoms with Crippen molar-refractivity contribution in [3.05, 3.63) is 59.9 Å². The van der Waals surface area contributed by atoms with Gasteiger partial charge >= 0.3 is 0 Å². The van der Waals surface area contributed by atoms with E-state index in [1.807, 2.05) is 37.6 Å². The molecule has 0 saturated heterocycles. The zero-order chi connectivity index (χ0) is 23.9. The fourth-order valence-corrected chi connectivity index (χ4v) is 4.52. The van der Waals surface area contributed by atoms with Crippen molar-refractivity contribution in [1.29, 1.82) is 0 Å². The molecule has 0 aliphatic rings. The van der Waals surface area contributed by atoms with Gasteiger partial charge in [-0.1, -0.05) is 13.8 Å². The standard InChI is InChI=1S/C25H20N8OS/c1-13(2)25(34)29-16-5-15(7-26-8-16)19-6-17-20(11-28-19)32-33-23(17)24-30-21-10-27-9-18(22(21)31-24)14-3-4-35-12-14/h3-13H,1-2H3,(H,29,34)(H,30,31)(H,32,33). The SMILES string of the molecule is CC(C)C(=O)Nc1cncc(-c2cc3c(-c4nc5c(-c6ccsc6)cncc5[nH]4)n[nH]c3cn2)c1. The maximum absolute atomic E-state index is 12.1. The third-order valence-electron chi connectivity index (χ3n) is 5.72. The molecule has 0 aromatic carbocycles. The summed E-state index contributed by atoms with van der Waals surface area (Å²) in [6.07, 6.45) is 8.68. The number of hydrogen-bond acceptors (Lipinski definition) is 7. The average molecular weight is 481 g/mol. The number of anilines is 1. The Kier molecular flexibility index (Phi) is 5.07. The molecule has 0 saturated carbocycles. The lowest BCUT2D eigenvalue weighted by Gasteiger charge is -2.08. The molecule has 9 nitrogen and oxygen atoms in total. The average Bonchev–Trinajstić information content (AvgIpc) is 3.62. The van der Waals surface area contributed by atoms with Crippen LogP contribution in [0.4, 0.5) is 5.69 Å². The fourth-order valence-electron chi connectivity index (χ4n) is 3.86. The molecule has 10 heteroatoms. The highest BCUT2D eigenvalue weighted by Gasteiger charge is 2.17. The van der Waals surface area contributed by atoms with E-state index in [0.717, 1.165) is 38.6 Å². The molecule has 0 aliphatic carbocycles. The molecule has 6 aromatic heterocycles. The number of nitrogens with one attached hydrogen (secondary N) is 3. The van der Waals surface area contributed by atoms with Crippen LogP contribution in [-0.2, 0) is 4.79 Å². The van der Waals surface area contributed by atoms with Crippen molar-refractivity contribution < 1.29 is 4.79 Å². The number of rotatable bonds is 5. The largest absolute Gasteiger partial charge is 0.335 e. The number of H-pyrrole nitrogens is 2. The number of imidazole rings is 1. The van der Waals surface area contributed by atoms with E-state index in [-0.39, 0.29) is 11.8 Å². The van der Waals surface area contributed by atoms with Gasteiger partial charge in [-0.2, -0.15) is 16.4 Å². The van der Waals surface area contributed by atoms with E-state index >= 15 is 0 Å². The summed E-state index contributed by atoms with van der Waals surface area (Å²) in [5.74, 6) is 0.454. The molecule has 172 valence electrons. The normalized spacial score (nSPS) is 11.5. The first kappa shape index (κ1) is 21.1. The van der Waals surface area contributed by atoms with Crippen LogP contribution in [0.3, 0.4) is 0 Å². The van der Waals surface area contributed by atoms with Gasteiger partial charge in [-0.05, 0) is 34.5 Å². The van der Waals surface area contributed by atoms with Crippen molar-refractivity contribution >= 4 is 44.9 Å². The number of hydrogen-bond donors (Lipinski definition) is 3. The molecular formula is C25H20N8OS. The highest BCUT2D eigenvalue weighted by molar-refractivity contribution is 7.08. The van der Waals surface area contributed by atoms with Crippen molar-refractivity contribution in [2.24, 2.45) is 5.92 Å². The number of carbonyl (C=O) groups excluding carboxylic acids is 1. The van der Waals surface area contributed by atoms with E-state index in [9.17, 15) is 4.79 Å². The summed E-state index contributed by atoms with van der Waals surface area (Å²) in [5, 5.41) is 15.4. The van der Waals surface area contributed by atoms with E-state index in [0.29, 0.717) is 22.9 Å². The molecule has 0 aliphatic heterocycles. The second kappa shape index (κ2) is 8.41. The van der Waals surface area contributed by atoms with Gasteiger partial charge in [0.05, 0.1) is 41.0 Å². The Morgan fingerprint density at radius 2 is 1.91 bits per heavy atom. The summed E-state index contributed by atoms with van der Waals surface area (Å²) in [6.45, 7) is 3.69. The molecule has 6 heterocycles. The van der Waals surface area contributed by atoms with Crippen molar-refractivity contribution in [3.8, 4) is 33.9 Å². The van der Waals surface area contributed by atoms with Crippen LogP contribution in [-0.4, -0.2) is 41.0 Å². The van der Waals surface area contributed by atoms with Crippen LogP contribution in [0.1, 0.15) is 13.8 Å². The van der Waals surface area contributed by atoms with Crippen LogP contribution >= 0.6 is 11.3 Å². The van der Waals surface area contributed by atoms with Gasteiger partial charge in [-0.3, -0.25) is 24.8 Å². The number of aromatic nitrogens is 7. The number of fused-ring (bicyclic) bond motifs is 2. The van der Waals surface area contributed by atoms with Crippen molar-refractivity contribution in [1.82, 2.24) is 35.1 Å². The quantitative estimate of drug-likeness (QED) is 0.308. The third-order valence-corrected chi connectivity index (χ3v) is 6.41. The monoisotopic (exact) mass is 480 g/mol. The van der Waals surface area contributed by atoms with Crippen molar-refractivity contribution in [2.75, 3.05) is 5.32 Å². The first-order valence-electron chi connectivity index (χ1n) is 11.0. The Morgan fingerprint density at radius 1 is 1.03 bits per heavy atom. The highest BCUT2D eigenvalue weighted by Crippen LogP contribution is 2.32. The molecule has 1 amide bonds. The first-order valence-corrected chi connectivity index (χ1v) is 12.0. The number of aromatic amines is 2. The van der Waals surface area contributed by atoms with Crippen molar-refractivity contribution in [2.45, 2.75) is 13.8 Å². The lowest BCUT2D eigenvalue weighted by Crippen LogP contribution is -2.17. The molecule has 0 unspecified atom stereocenters. The Balaban J connectivity index is 1.41. The lowest BCUT2D eigenvalue weighted by molar-refractivity contribution is -0.118.